The fourth-order valence-corrected chi connectivity index (χ4v) is 1.40. The molecule has 0 unspecified atom stereocenters. The second-order valence-electron chi connectivity index (χ2n) is 3.58. The van der Waals surface area contributed by atoms with Gasteiger partial charge in [-0.05, 0) is 18.6 Å². The Balaban J connectivity index is 2.77. The van der Waals surface area contributed by atoms with E-state index >= 15 is 0 Å². The second kappa shape index (κ2) is 6.85. The first-order valence-corrected chi connectivity index (χ1v) is 5.67. The molecule has 0 bridgehead atoms. The molecule has 1 rings (SSSR count). The molecule has 1 amide bonds. The van der Waals surface area contributed by atoms with Gasteiger partial charge in [0.2, 0.25) is 0 Å². The maximum Gasteiger partial charge on any atom is 0.251 e. The number of anilines is 1. The topological polar surface area (TPSA) is 63.2 Å². The minimum atomic E-state index is -0.101. The van der Waals surface area contributed by atoms with Crippen LogP contribution in [0.1, 0.15) is 23.0 Å². The molecule has 0 radical (unpaired) electrons. The van der Waals surface area contributed by atoms with Crippen LogP contribution in [0.4, 0.5) is 5.82 Å². The number of hydrogen-bond donors (Lipinski definition) is 2. The smallest absolute Gasteiger partial charge is 0.251 e. The molecule has 1 heterocycles. The van der Waals surface area contributed by atoms with Crippen molar-refractivity contribution in [3.8, 4) is 0 Å². The van der Waals surface area contributed by atoms with Gasteiger partial charge in [0.25, 0.3) is 5.91 Å². The average molecular weight is 237 g/mol. The fourth-order valence-electron chi connectivity index (χ4n) is 1.40. The van der Waals surface area contributed by atoms with Gasteiger partial charge in [-0.25, -0.2) is 4.98 Å². The van der Waals surface area contributed by atoms with Crippen molar-refractivity contribution in [3.63, 3.8) is 0 Å². The Morgan fingerprint density at radius 1 is 1.47 bits per heavy atom. The molecule has 0 aromatic carbocycles. The predicted octanol–water partition coefficient (Wildman–Crippen LogP) is 1.06. The van der Waals surface area contributed by atoms with Gasteiger partial charge in [0, 0.05) is 32.0 Å². The Kier molecular flexibility index (Phi) is 5.42. The van der Waals surface area contributed by atoms with Crippen LogP contribution >= 0.6 is 0 Å². The number of rotatable bonds is 6. The van der Waals surface area contributed by atoms with Crippen molar-refractivity contribution in [3.05, 3.63) is 23.4 Å². The molecular formula is C12H19N3O2. The molecule has 0 aliphatic rings. The molecule has 5 heteroatoms. The number of ether oxygens (including phenoxy) is 1. The molecule has 0 atom stereocenters. The number of nitrogens with zero attached hydrogens (tertiary/aromatic N) is 1. The van der Waals surface area contributed by atoms with Gasteiger partial charge in [-0.15, -0.1) is 0 Å². The van der Waals surface area contributed by atoms with Gasteiger partial charge in [-0.1, -0.05) is 6.92 Å². The summed E-state index contributed by atoms with van der Waals surface area (Å²) in [5, 5.41) is 5.73. The van der Waals surface area contributed by atoms with Crippen LogP contribution in [0.5, 0.6) is 0 Å². The minimum Gasteiger partial charge on any atom is -0.383 e. The van der Waals surface area contributed by atoms with Crippen LogP contribution in [-0.4, -0.2) is 38.2 Å². The molecule has 0 fully saturated rings. The molecule has 1 aromatic heterocycles. The van der Waals surface area contributed by atoms with Crippen molar-refractivity contribution in [2.45, 2.75) is 13.3 Å². The van der Waals surface area contributed by atoms with Gasteiger partial charge in [0.15, 0.2) is 0 Å². The van der Waals surface area contributed by atoms with Crippen LogP contribution in [0.25, 0.3) is 0 Å². The van der Waals surface area contributed by atoms with Crippen LogP contribution in [-0.2, 0) is 11.2 Å². The van der Waals surface area contributed by atoms with Gasteiger partial charge in [0.05, 0.1) is 6.61 Å². The molecule has 0 spiro atoms. The zero-order chi connectivity index (χ0) is 12.7. The van der Waals surface area contributed by atoms with Gasteiger partial charge < -0.3 is 15.4 Å². The minimum absolute atomic E-state index is 0.101. The van der Waals surface area contributed by atoms with E-state index in [2.05, 4.69) is 15.6 Å². The van der Waals surface area contributed by atoms with Gasteiger partial charge >= 0.3 is 0 Å². The van der Waals surface area contributed by atoms with Crippen molar-refractivity contribution in [1.82, 2.24) is 10.3 Å². The fraction of sp³-hybridized carbons (Fsp3) is 0.500. The lowest BCUT2D eigenvalue weighted by Gasteiger charge is -2.08. The summed E-state index contributed by atoms with van der Waals surface area (Å²) < 4.78 is 4.88. The van der Waals surface area contributed by atoms with E-state index in [1.165, 1.54) is 0 Å². The summed E-state index contributed by atoms with van der Waals surface area (Å²) in [7, 11) is 3.39. The highest BCUT2D eigenvalue weighted by Crippen LogP contribution is 2.10. The van der Waals surface area contributed by atoms with E-state index in [0.717, 1.165) is 12.1 Å². The van der Waals surface area contributed by atoms with E-state index in [0.29, 0.717) is 24.5 Å². The Labute approximate surface area is 102 Å². The molecule has 2 N–H and O–H groups in total. The summed E-state index contributed by atoms with van der Waals surface area (Å²) >= 11 is 0. The number of pyridine rings is 1. The highest BCUT2D eigenvalue weighted by molar-refractivity contribution is 5.95. The van der Waals surface area contributed by atoms with E-state index in [-0.39, 0.29) is 5.91 Å². The lowest BCUT2D eigenvalue weighted by molar-refractivity contribution is 0.0937. The quantitative estimate of drug-likeness (QED) is 0.726. The lowest BCUT2D eigenvalue weighted by Crippen LogP contribution is -2.27. The average Bonchev–Trinajstić information content (AvgIpc) is 2.38. The molecule has 1 aromatic rings. The van der Waals surface area contributed by atoms with Crippen molar-refractivity contribution < 1.29 is 9.53 Å². The largest absolute Gasteiger partial charge is 0.383 e. The number of hydrogen-bond acceptors (Lipinski definition) is 4. The number of amides is 1. The van der Waals surface area contributed by atoms with Gasteiger partial charge in [-0.2, -0.15) is 0 Å². The summed E-state index contributed by atoms with van der Waals surface area (Å²) in [6, 6.07) is 3.55. The van der Waals surface area contributed by atoms with E-state index in [9.17, 15) is 4.79 Å². The van der Waals surface area contributed by atoms with E-state index < -0.39 is 0 Å². The standard InChI is InChI=1S/C12H19N3O2/c1-4-10-7-9(8-11(13-2)15-10)12(16)14-5-6-17-3/h7-8H,4-6H2,1-3H3,(H,13,15)(H,14,16). The summed E-state index contributed by atoms with van der Waals surface area (Å²) in [5.74, 6) is 0.608. The molecular weight excluding hydrogens is 218 g/mol. The summed E-state index contributed by atoms with van der Waals surface area (Å²) in [6.45, 7) is 3.03. The maximum absolute atomic E-state index is 11.8. The van der Waals surface area contributed by atoms with E-state index in [1.807, 2.05) is 13.0 Å². The molecule has 0 saturated heterocycles. The van der Waals surface area contributed by atoms with Gasteiger partial charge in [-0.3, -0.25) is 4.79 Å². The summed E-state index contributed by atoms with van der Waals surface area (Å²) in [5.41, 5.74) is 1.52. The number of carbonyl (C=O) groups excluding carboxylic acids is 1. The first kappa shape index (κ1) is 13.4. The third kappa shape index (κ3) is 4.03. The number of methoxy groups -OCH3 is 1. The van der Waals surface area contributed by atoms with Crippen molar-refractivity contribution in [2.24, 2.45) is 0 Å². The van der Waals surface area contributed by atoms with Gasteiger partial charge in [0.1, 0.15) is 5.82 Å². The summed E-state index contributed by atoms with van der Waals surface area (Å²) in [6.07, 6.45) is 0.799. The lowest BCUT2D eigenvalue weighted by atomic mass is 10.2. The van der Waals surface area contributed by atoms with Crippen LogP contribution in [0.15, 0.2) is 12.1 Å². The highest BCUT2D eigenvalue weighted by Gasteiger charge is 2.08. The van der Waals surface area contributed by atoms with Crippen LogP contribution in [0.3, 0.4) is 0 Å². The monoisotopic (exact) mass is 237 g/mol. The van der Waals surface area contributed by atoms with E-state index in [4.69, 9.17) is 4.74 Å². The zero-order valence-corrected chi connectivity index (χ0v) is 10.5. The SMILES string of the molecule is CCc1cc(C(=O)NCCOC)cc(NC)n1. The molecule has 0 aliphatic heterocycles. The Morgan fingerprint density at radius 3 is 2.82 bits per heavy atom. The van der Waals surface area contributed by atoms with Crippen molar-refractivity contribution >= 4 is 11.7 Å². The highest BCUT2D eigenvalue weighted by atomic mass is 16.5. The number of nitrogens with one attached hydrogen (secondary N) is 2. The molecule has 0 saturated carbocycles. The van der Waals surface area contributed by atoms with E-state index in [1.54, 1.807) is 20.2 Å². The van der Waals surface area contributed by atoms with Crippen LogP contribution in [0.2, 0.25) is 0 Å². The van der Waals surface area contributed by atoms with Crippen molar-refractivity contribution in [2.75, 3.05) is 32.6 Å². The first-order chi connectivity index (χ1) is 8.21. The normalized spacial score (nSPS) is 10.1. The Bertz CT molecular complexity index is 358. The molecule has 0 aliphatic carbocycles. The Morgan fingerprint density at radius 2 is 2.24 bits per heavy atom. The maximum atomic E-state index is 11.8. The Hall–Kier alpha value is -1.62. The third-order valence-corrected chi connectivity index (χ3v) is 2.35. The molecule has 94 valence electrons. The summed E-state index contributed by atoms with van der Waals surface area (Å²) in [4.78, 5) is 16.2. The predicted molar refractivity (Wildman–Crippen MR) is 67.4 cm³/mol. The van der Waals surface area contributed by atoms with Crippen LogP contribution < -0.4 is 10.6 Å². The number of aryl methyl sites for hydroxylation is 1. The third-order valence-electron chi connectivity index (χ3n) is 2.35. The number of carbonyl (C=O) groups is 1. The van der Waals surface area contributed by atoms with Crippen molar-refractivity contribution in [1.29, 1.82) is 0 Å². The second-order valence-corrected chi connectivity index (χ2v) is 3.58. The number of aromatic nitrogens is 1. The molecule has 5 nitrogen and oxygen atoms in total. The zero-order valence-electron chi connectivity index (χ0n) is 10.5. The first-order valence-electron chi connectivity index (χ1n) is 5.67. The van der Waals surface area contributed by atoms with Crippen LogP contribution in [0, 0.1) is 0 Å². The molecule has 17 heavy (non-hydrogen) atoms.